The zero-order valence-electron chi connectivity index (χ0n) is 15.5. The Morgan fingerprint density at radius 2 is 1.71 bits per heavy atom. The minimum absolute atomic E-state index is 0.167. The highest BCUT2D eigenvalue weighted by Crippen LogP contribution is 2.23. The predicted molar refractivity (Wildman–Crippen MR) is 108 cm³/mol. The molecule has 0 aliphatic rings. The SMILES string of the molecule is Cc1ccc(C(NC(=O)c2ccc(-n3ccnc3)nc2)c2ccccc2)cc1. The van der Waals surface area contributed by atoms with Gasteiger partial charge >= 0.3 is 0 Å². The first-order valence-corrected chi connectivity index (χ1v) is 9.07. The molecule has 1 amide bonds. The van der Waals surface area contributed by atoms with Crippen molar-refractivity contribution in [1.29, 1.82) is 0 Å². The maximum absolute atomic E-state index is 12.9. The van der Waals surface area contributed by atoms with Gasteiger partial charge in [-0.1, -0.05) is 60.2 Å². The monoisotopic (exact) mass is 368 g/mol. The van der Waals surface area contributed by atoms with Gasteiger partial charge < -0.3 is 5.32 Å². The zero-order valence-corrected chi connectivity index (χ0v) is 15.5. The van der Waals surface area contributed by atoms with Crippen LogP contribution >= 0.6 is 0 Å². The number of carbonyl (C=O) groups excluding carboxylic acids is 1. The normalized spacial score (nSPS) is 11.8. The van der Waals surface area contributed by atoms with Crippen LogP contribution in [0.1, 0.15) is 33.1 Å². The van der Waals surface area contributed by atoms with E-state index in [2.05, 4.69) is 27.4 Å². The molecule has 1 atom stereocenters. The topological polar surface area (TPSA) is 59.8 Å². The Hall–Kier alpha value is -3.73. The number of rotatable bonds is 5. The molecule has 0 aliphatic carbocycles. The Balaban J connectivity index is 1.59. The van der Waals surface area contributed by atoms with Crippen molar-refractivity contribution in [3.8, 4) is 5.82 Å². The molecule has 1 unspecified atom stereocenters. The van der Waals surface area contributed by atoms with Crippen LogP contribution in [0.4, 0.5) is 0 Å². The van der Waals surface area contributed by atoms with E-state index in [1.807, 2.05) is 55.6 Å². The van der Waals surface area contributed by atoms with E-state index in [0.717, 1.165) is 11.1 Å². The molecule has 28 heavy (non-hydrogen) atoms. The fourth-order valence-electron chi connectivity index (χ4n) is 3.05. The Labute approximate surface area is 163 Å². The third-order valence-corrected chi connectivity index (χ3v) is 4.60. The van der Waals surface area contributed by atoms with E-state index in [4.69, 9.17) is 0 Å². The van der Waals surface area contributed by atoms with Crippen molar-refractivity contribution in [2.45, 2.75) is 13.0 Å². The van der Waals surface area contributed by atoms with Crippen molar-refractivity contribution < 1.29 is 4.79 Å². The van der Waals surface area contributed by atoms with Gasteiger partial charge in [0.1, 0.15) is 12.1 Å². The molecule has 138 valence electrons. The molecule has 2 heterocycles. The summed E-state index contributed by atoms with van der Waals surface area (Å²) >= 11 is 0. The Morgan fingerprint density at radius 3 is 2.36 bits per heavy atom. The highest BCUT2D eigenvalue weighted by Gasteiger charge is 2.18. The Morgan fingerprint density at radius 1 is 0.964 bits per heavy atom. The highest BCUT2D eigenvalue weighted by molar-refractivity contribution is 5.94. The number of hydrogen-bond donors (Lipinski definition) is 1. The zero-order chi connectivity index (χ0) is 19.3. The average Bonchev–Trinajstić information content (AvgIpc) is 3.28. The summed E-state index contributed by atoms with van der Waals surface area (Å²) in [7, 11) is 0. The lowest BCUT2D eigenvalue weighted by Gasteiger charge is -2.20. The summed E-state index contributed by atoms with van der Waals surface area (Å²) < 4.78 is 1.79. The van der Waals surface area contributed by atoms with E-state index < -0.39 is 0 Å². The third-order valence-electron chi connectivity index (χ3n) is 4.60. The summed E-state index contributed by atoms with van der Waals surface area (Å²) in [6.07, 6.45) is 6.76. The van der Waals surface area contributed by atoms with Crippen LogP contribution in [0.5, 0.6) is 0 Å². The van der Waals surface area contributed by atoms with Crippen molar-refractivity contribution >= 4 is 5.91 Å². The van der Waals surface area contributed by atoms with Crippen molar-refractivity contribution in [2.75, 3.05) is 0 Å². The number of benzene rings is 2. The molecule has 0 radical (unpaired) electrons. The molecule has 0 aliphatic heterocycles. The van der Waals surface area contributed by atoms with Gasteiger partial charge in [-0.15, -0.1) is 0 Å². The van der Waals surface area contributed by atoms with Crippen LogP contribution in [0.25, 0.3) is 5.82 Å². The van der Waals surface area contributed by atoms with E-state index in [-0.39, 0.29) is 11.9 Å². The lowest BCUT2D eigenvalue weighted by atomic mass is 9.97. The van der Waals surface area contributed by atoms with Crippen LogP contribution in [0, 0.1) is 6.92 Å². The number of pyridine rings is 1. The standard InChI is InChI=1S/C23H20N4O/c1-17-7-9-19(10-8-17)22(18-5-3-2-4-6-18)26-23(28)20-11-12-21(25-15-20)27-14-13-24-16-27/h2-16,22H,1H3,(H,26,28). The lowest BCUT2D eigenvalue weighted by molar-refractivity contribution is 0.0942. The number of carbonyl (C=O) groups is 1. The van der Waals surface area contributed by atoms with Gasteiger partial charge in [-0.05, 0) is 30.2 Å². The second-order valence-electron chi connectivity index (χ2n) is 6.60. The molecule has 1 N–H and O–H groups in total. The van der Waals surface area contributed by atoms with Crippen LogP contribution in [0.2, 0.25) is 0 Å². The summed E-state index contributed by atoms with van der Waals surface area (Å²) in [4.78, 5) is 21.3. The molecular weight excluding hydrogens is 348 g/mol. The highest BCUT2D eigenvalue weighted by atomic mass is 16.1. The maximum Gasteiger partial charge on any atom is 0.253 e. The molecule has 2 aromatic carbocycles. The van der Waals surface area contributed by atoms with Gasteiger partial charge in [0.15, 0.2) is 0 Å². The molecule has 0 bridgehead atoms. The number of aryl methyl sites for hydroxylation is 1. The minimum atomic E-state index is -0.234. The van der Waals surface area contributed by atoms with Crippen molar-refractivity contribution in [1.82, 2.24) is 19.9 Å². The van der Waals surface area contributed by atoms with Crippen molar-refractivity contribution in [3.63, 3.8) is 0 Å². The van der Waals surface area contributed by atoms with E-state index in [1.54, 1.807) is 35.4 Å². The van der Waals surface area contributed by atoms with Gasteiger partial charge in [0.2, 0.25) is 0 Å². The molecule has 0 saturated heterocycles. The second kappa shape index (κ2) is 7.88. The van der Waals surface area contributed by atoms with Gasteiger partial charge in [0, 0.05) is 18.6 Å². The van der Waals surface area contributed by atoms with Crippen LogP contribution in [0.15, 0.2) is 91.6 Å². The maximum atomic E-state index is 12.9. The predicted octanol–water partition coefficient (Wildman–Crippen LogP) is 4.10. The van der Waals surface area contributed by atoms with E-state index in [1.165, 1.54) is 5.56 Å². The van der Waals surface area contributed by atoms with E-state index in [0.29, 0.717) is 11.4 Å². The van der Waals surface area contributed by atoms with Gasteiger partial charge in [0.25, 0.3) is 5.91 Å². The number of aromatic nitrogens is 3. The van der Waals surface area contributed by atoms with Crippen LogP contribution < -0.4 is 5.32 Å². The second-order valence-corrected chi connectivity index (χ2v) is 6.60. The molecule has 5 heteroatoms. The third kappa shape index (κ3) is 3.83. The molecule has 0 fully saturated rings. The Bertz CT molecular complexity index is 1040. The first-order chi connectivity index (χ1) is 13.7. The molecule has 2 aromatic heterocycles. The number of imidazole rings is 1. The van der Waals surface area contributed by atoms with E-state index in [9.17, 15) is 4.79 Å². The first kappa shape index (κ1) is 17.7. The smallest absolute Gasteiger partial charge is 0.253 e. The fourth-order valence-corrected chi connectivity index (χ4v) is 3.05. The number of nitrogens with one attached hydrogen (secondary N) is 1. The largest absolute Gasteiger partial charge is 0.341 e. The minimum Gasteiger partial charge on any atom is -0.341 e. The van der Waals surface area contributed by atoms with Crippen molar-refractivity contribution in [3.05, 3.63) is 114 Å². The number of nitrogens with zero attached hydrogens (tertiary/aromatic N) is 3. The van der Waals surface area contributed by atoms with E-state index >= 15 is 0 Å². The quantitative estimate of drug-likeness (QED) is 0.577. The van der Waals surface area contributed by atoms with Crippen molar-refractivity contribution in [2.24, 2.45) is 0 Å². The molecule has 0 spiro atoms. The van der Waals surface area contributed by atoms with Gasteiger partial charge in [0.05, 0.1) is 11.6 Å². The number of hydrogen-bond acceptors (Lipinski definition) is 3. The average molecular weight is 368 g/mol. The summed E-state index contributed by atoms with van der Waals surface area (Å²) in [6.45, 7) is 2.05. The molecule has 4 rings (SSSR count). The summed E-state index contributed by atoms with van der Waals surface area (Å²) in [5.41, 5.74) is 3.76. The molecule has 4 aromatic rings. The van der Waals surface area contributed by atoms with Crippen LogP contribution in [-0.4, -0.2) is 20.4 Å². The molecule has 0 saturated carbocycles. The van der Waals surface area contributed by atoms with Crippen LogP contribution in [0.3, 0.4) is 0 Å². The summed E-state index contributed by atoms with van der Waals surface area (Å²) in [6, 6.07) is 21.5. The van der Waals surface area contributed by atoms with Gasteiger partial charge in [-0.25, -0.2) is 9.97 Å². The lowest BCUT2D eigenvalue weighted by Crippen LogP contribution is -2.29. The fraction of sp³-hybridized carbons (Fsp3) is 0.0870. The molecule has 5 nitrogen and oxygen atoms in total. The number of amides is 1. The summed E-state index contributed by atoms with van der Waals surface area (Å²) in [5.74, 6) is 0.548. The first-order valence-electron chi connectivity index (χ1n) is 9.07. The Kier molecular flexibility index (Phi) is 4.97. The molecular formula is C23H20N4O. The van der Waals surface area contributed by atoms with Gasteiger partial charge in [-0.3, -0.25) is 9.36 Å². The summed E-state index contributed by atoms with van der Waals surface area (Å²) in [5, 5.41) is 3.14. The van der Waals surface area contributed by atoms with Gasteiger partial charge in [-0.2, -0.15) is 0 Å². The van der Waals surface area contributed by atoms with Crippen LogP contribution in [-0.2, 0) is 0 Å².